The van der Waals surface area contributed by atoms with E-state index in [1.165, 1.54) is 0 Å². The molecule has 1 unspecified atom stereocenters. The molecule has 0 saturated carbocycles. The largest absolute Gasteiger partial charge is 0.460 e. The number of likely N-dealkylation sites (tertiary alicyclic amines) is 1. The highest BCUT2D eigenvalue weighted by molar-refractivity contribution is 6.01. The van der Waals surface area contributed by atoms with E-state index >= 15 is 0 Å². The number of nitrogens with zero attached hydrogens (tertiary/aromatic N) is 2. The monoisotopic (exact) mass is 416 g/mol. The van der Waals surface area contributed by atoms with Crippen LogP contribution in [0.2, 0.25) is 0 Å². The normalized spacial score (nSPS) is 19.0. The molecule has 5 nitrogen and oxygen atoms in total. The minimum absolute atomic E-state index is 0.252. The SMILES string of the molecule is COCCN1CCCC(c2cc(-c3ccc4c(c3)CCC4=O)c(-c3ccncc3)o2)C1. The van der Waals surface area contributed by atoms with Gasteiger partial charge >= 0.3 is 0 Å². The van der Waals surface area contributed by atoms with Crippen molar-refractivity contribution in [3.05, 3.63) is 65.7 Å². The first-order chi connectivity index (χ1) is 15.2. The van der Waals surface area contributed by atoms with E-state index in [0.29, 0.717) is 12.3 Å². The molecule has 0 amide bonds. The number of hydrogen-bond donors (Lipinski definition) is 0. The van der Waals surface area contributed by atoms with Crippen molar-refractivity contribution in [1.82, 2.24) is 9.88 Å². The molecule has 2 aliphatic rings. The maximum atomic E-state index is 12.1. The Morgan fingerprint density at radius 1 is 1.10 bits per heavy atom. The van der Waals surface area contributed by atoms with E-state index in [2.05, 4.69) is 28.1 Å². The van der Waals surface area contributed by atoms with Gasteiger partial charge < -0.3 is 14.1 Å². The number of piperidine rings is 1. The van der Waals surface area contributed by atoms with E-state index in [9.17, 15) is 4.79 Å². The zero-order valence-corrected chi connectivity index (χ0v) is 18.0. The first kappa shape index (κ1) is 20.2. The minimum atomic E-state index is 0.252. The number of aromatic nitrogens is 1. The lowest BCUT2D eigenvalue weighted by molar-refractivity contribution is 0.0994. The summed E-state index contributed by atoms with van der Waals surface area (Å²) in [5.74, 6) is 2.55. The number of pyridine rings is 1. The molecule has 2 aromatic heterocycles. The average molecular weight is 417 g/mol. The number of carbonyl (C=O) groups excluding carboxylic acids is 1. The van der Waals surface area contributed by atoms with Gasteiger partial charge in [-0.15, -0.1) is 0 Å². The van der Waals surface area contributed by atoms with Crippen molar-refractivity contribution in [3.63, 3.8) is 0 Å². The maximum Gasteiger partial charge on any atom is 0.163 e. The summed E-state index contributed by atoms with van der Waals surface area (Å²) in [6.07, 6.45) is 7.34. The van der Waals surface area contributed by atoms with Crippen LogP contribution in [0.3, 0.4) is 0 Å². The number of furan rings is 1. The van der Waals surface area contributed by atoms with Crippen molar-refractivity contribution >= 4 is 5.78 Å². The van der Waals surface area contributed by atoms with E-state index in [1.807, 2.05) is 18.2 Å². The number of carbonyl (C=O) groups is 1. The molecular weight excluding hydrogens is 388 g/mol. The Kier molecular flexibility index (Phi) is 5.70. The summed E-state index contributed by atoms with van der Waals surface area (Å²) in [7, 11) is 1.76. The number of aryl methyl sites for hydroxylation is 1. The van der Waals surface area contributed by atoms with E-state index < -0.39 is 0 Å². The van der Waals surface area contributed by atoms with Crippen molar-refractivity contribution in [2.45, 2.75) is 31.6 Å². The fourth-order valence-electron chi connectivity index (χ4n) is 4.88. The van der Waals surface area contributed by atoms with Crippen LogP contribution in [0.5, 0.6) is 0 Å². The summed E-state index contributed by atoms with van der Waals surface area (Å²) in [5.41, 5.74) is 5.26. The molecule has 1 aliphatic carbocycles. The van der Waals surface area contributed by atoms with Crippen LogP contribution in [0.15, 0.2) is 53.2 Å². The Morgan fingerprint density at radius 3 is 2.81 bits per heavy atom. The third-order valence-corrected chi connectivity index (χ3v) is 6.55. The smallest absolute Gasteiger partial charge is 0.163 e. The quantitative estimate of drug-likeness (QED) is 0.568. The first-order valence-electron chi connectivity index (χ1n) is 11.1. The summed E-state index contributed by atoms with van der Waals surface area (Å²) >= 11 is 0. The lowest BCUT2D eigenvalue weighted by Gasteiger charge is -2.31. The van der Waals surface area contributed by atoms with Gasteiger partial charge in [0.25, 0.3) is 0 Å². The number of Topliss-reactive ketones (excluding diaryl/α,β-unsaturated/α-hetero) is 1. The molecule has 160 valence electrons. The number of rotatable bonds is 6. The lowest BCUT2D eigenvalue weighted by atomic mass is 9.93. The Balaban J connectivity index is 1.52. The van der Waals surface area contributed by atoms with Crippen LogP contribution in [0.25, 0.3) is 22.5 Å². The summed E-state index contributed by atoms with van der Waals surface area (Å²) < 4.78 is 11.8. The van der Waals surface area contributed by atoms with Crippen molar-refractivity contribution < 1.29 is 13.9 Å². The first-order valence-corrected chi connectivity index (χ1v) is 11.1. The third kappa shape index (κ3) is 4.08. The highest BCUT2D eigenvalue weighted by atomic mass is 16.5. The maximum absolute atomic E-state index is 12.1. The van der Waals surface area contributed by atoms with Gasteiger partial charge in [0.1, 0.15) is 11.5 Å². The number of hydrogen-bond acceptors (Lipinski definition) is 5. The molecule has 1 fully saturated rings. The van der Waals surface area contributed by atoms with E-state index in [1.54, 1.807) is 19.5 Å². The standard InChI is InChI=1S/C26H28N2O3/c1-30-14-13-28-12-2-3-21(17-28)25-16-23(26(31-25)18-8-10-27-11-9-18)20-4-6-22-19(15-20)5-7-24(22)29/h4,6,8-11,15-16,21H,2-3,5,7,12-14,17H2,1H3. The highest BCUT2D eigenvalue weighted by Gasteiger charge is 2.27. The van der Waals surface area contributed by atoms with Crippen LogP contribution in [-0.2, 0) is 11.2 Å². The van der Waals surface area contributed by atoms with E-state index in [-0.39, 0.29) is 5.78 Å². The van der Waals surface area contributed by atoms with Crippen LogP contribution in [-0.4, -0.2) is 49.0 Å². The van der Waals surface area contributed by atoms with Crippen molar-refractivity contribution in [3.8, 4) is 22.5 Å². The van der Waals surface area contributed by atoms with Gasteiger partial charge in [-0.3, -0.25) is 9.78 Å². The van der Waals surface area contributed by atoms with Gasteiger partial charge in [-0.05, 0) is 55.1 Å². The highest BCUT2D eigenvalue weighted by Crippen LogP contribution is 2.40. The average Bonchev–Trinajstić information content (AvgIpc) is 3.42. The molecule has 0 N–H and O–H groups in total. The van der Waals surface area contributed by atoms with Crippen LogP contribution in [0, 0.1) is 0 Å². The molecule has 3 heterocycles. The zero-order valence-electron chi connectivity index (χ0n) is 18.0. The Labute approximate surface area is 183 Å². The Bertz CT molecular complexity index is 1070. The van der Waals surface area contributed by atoms with Gasteiger partial charge in [0.05, 0.1) is 6.61 Å². The zero-order chi connectivity index (χ0) is 21.2. The van der Waals surface area contributed by atoms with Crippen LogP contribution in [0.4, 0.5) is 0 Å². The Morgan fingerprint density at radius 2 is 1.97 bits per heavy atom. The van der Waals surface area contributed by atoms with Crippen LogP contribution < -0.4 is 0 Å². The predicted molar refractivity (Wildman–Crippen MR) is 120 cm³/mol. The molecular formula is C26H28N2O3. The molecule has 3 aromatic rings. The third-order valence-electron chi connectivity index (χ3n) is 6.55. The fourth-order valence-corrected chi connectivity index (χ4v) is 4.88. The lowest BCUT2D eigenvalue weighted by Crippen LogP contribution is -2.36. The number of ketones is 1. The van der Waals surface area contributed by atoms with E-state index in [0.717, 1.165) is 84.8 Å². The molecule has 0 spiro atoms. The second-order valence-corrected chi connectivity index (χ2v) is 8.56. The molecule has 31 heavy (non-hydrogen) atoms. The summed E-state index contributed by atoms with van der Waals surface area (Å²) in [4.78, 5) is 18.7. The molecule has 0 bridgehead atoms. The number of benzene rings is 1. The van der Waals surface area contributed by atoms with Gasteiger partial charge in [0.15, 0.2) is 5.78 Å². The van der Waals surface area contributed by atoms with Crippen LogP contribution in [0.1, 0.15) is 46.9 Å². The van der Waals surface area contributed by atoms with Crippen molar-refractivity contribution in [2.75, 3.05) is 33.4 Å². The molecule has 1 atom stereocenters. The van der Waals surface area contributed by atoms with Crippen LogP contribution >= 0.6 is 0 Å². The Hall–Kier alpha value is -2.76. The van der Waals surface area contributed by atoms with Gasteiger partial charge in [0.2, 0.25) is 0 Å². The predicted octanol–water partition coefficient (Wildman–Crippen LogP) is 4.96. The summed E-state index contributed by atoms with van der Waals surface area (Å²) in [5, 5.41) is 0. The van der Waals surface area contributed by atoms with Gasteiger partial charge in [0, 0.05) is 61.6 Å². The van der Waals surface area contributed by atoms with E-state index in [4.69, 9.17) is 9.15 Å². The summed E-state index contributed by atoms with van der Waals surface area (Å²) in [6, 6.07) is 12.4. The summed E-state index contributed by atoms with van der Waals surface area (Å²) in [6.45, 7) is 3.82. The molecule has 5 rings (SSSR count). The van der Waals surface area contributed by atoms with Crippen molar-refractivity contribution in [2.24, 2.45) is 0 Å². The van der Waals surface area contributed by atoms with Gasteiger partial charge in [-0.25, -0.2) is 0 Å². The topological polar surface area (TPSA) is 55.6 Å². The molecule has 1 aromatic carbocycles. The second kappa shape index (κ2) is 8.77. The molecule has 0 radical (unpaired) electrons. The number of fused-ring (bicyclic) bond motifs is 1. The molecule has 5 heteroatoms. The molecule has 1 saturated heterocycles. The fraction of sp³-hybridized carbons (Fsp3) is 0.385. The second-order valence-electron chi connectivity index (χ2n) is 8.56. The number of ether oxygens (including phenoxy) is 1. The van der Waals surface area contributed by atoms with Gasteiger partial charge in [-0.1, -0.05) is 18.2 Å². The number of methoxy groups -OCH3 is 1. The molecule has 1 aliphatic heterocycles. The van der Waals surface area contributed by atoms with Crippen molar-refractivity contribution in [1.29, 1.82) is 0 Å². The minimum Gasteiger partial charge on any atom is -0.460 e. The van der Waals surface area contributed by atoms with Gasteiger partial charge in [-0.2, -0.15) is 0 Å².